The molecule has 0 saturated heterocycles. The number of hydrogen-bond donors (Lipinski definition) is 0. The predicted molar refractivity (Wildman–Crippen MR) is 67.4 cm³/mol. The molecule has 0 aromatic carbocycles. The van der Waals surface area contributed by atoms with Crippen LogP contribution in [0.1, 0.15) is 17.3 Å². The number of amides is 1. The Morgan fingerprint density at radius 1 is 1.32 bits per heavy atom. The first-order valence-corrected chi connectivity index (χ1v) is 6.61. The average Bonchev–Trinajstić information content (AvgIpc) is 3.04. The summed E-state index contributed by atoms with van der Waals surface area (Å²) in [4.78, 5) is 13.7. The summed E-state index contributed by atoms with van der Waals surface area (Å²) in [6, 6.07) is 1.77. The van der Waals surface area contributed by atoms with Crippen molar-refractivity contribution in [2.75, 3.05) is 6.54 Å². The zero-order chi connectivity index (χ0) is 15.9. The van der Waals surface area contributed by atoms with E-state index in [9.17, 15) is 18.0 Å². The molecule has 1 amide bonds. The third-order valence-electron chi connectivity index (χ3n) is 3.57. The molecule has 3 rings (SSSR count). The van der Waals surface area contributed by atoms with Gasteiger partial charge in [0, 0.05) is 25.0 Å². The first-order chi connectivity index (χ1) is 10.4. The van der Waals surface area contributed by atoms with E-state index in [1.54, 1.807) is 16.9 Å². The molecule has 3 heterocycles. The molecule has 1 aliphatic rings. The molecule has 0 atom stereocenters. The fourth-order valence-corrected chi connectivity index (χ4v) is 2.37. The van der Waals surface area contributed by atoms with Crippen LogP contribution in [0, 0.1) is 6.92 Å². The van der Waals surface area contributed by atoms with E-state index < -0.39 is 12.0 Å². The number of rotatable bonds is 2. The SMILES string of the molecule is Cc1ccnn1CC(=O)N1CCn2c(nnc2C(F)(F)F)C1. The number of carbonyl (C=O) groups excluding carboxylic acids is 1. The second-order valence-corrected chi connectivity index (χ2v) is 5.03. The molecule has 0 spiro atoms. The maximum absolute atomic E-state index is 12.7. The predicted octanol–water partition coefficient (Wildman–Crippen LogP) is 0.844. The number of halogens is 3. The number of aryl methyl sites for hydroxylation is 1. The minimum atomic E-state index is -4.54. The summed E-state index contributed by atoms with van der Waals surface area (Å²) in [7, 11) is 0. The van der Waals surface area contributed by atoms with Crippen LogP contribution in [-0.4, -0.2) is 41.9 Å². The highest BCUT2D eigenvalue weighted by Gasteiger charge is 2.39. The third kappa shape index (κ3) is 2.55. The van der Waals surface area contributed by atoms with Crippen LogP contribution in [0.25, 0.3) is 0 Å². The zero-order valence-corrected chi connectivity index (χ0v) is 11.7. The lowest BCUT2D eigenvalue weighted by molar-refractivity contribution is -0.148. The van der Waals surface area contributed by atoms with Crippen LogP contribution >= 0.6 is 0 Å². The summed E-state index contributed by atoms with van der Waals surface area (Å²) in [5, 5.41) is 10.8. The number of carbonyl (C=O) groups is 1. The van der Waals surface area contributed by atoms with Crippen molar-refractivity contribution in [3.63, 3.8) is 0 Å². The van der Waals surface area contributed by atoms with Gasteiger partial charge in [0.25, 0.3) is 0 Å². The van der Waals surface area contributed by atoms with Gasteiger partial charge in [0.05, 0.1) is 6.54 Å². The molecule has 10 heteroatoms. The maximum atomic E-state index is 12.7. The van der Waals surface area contributed by atoms with Crippen LogP contribution in [0.15, 0.2) is 12.3 Å². The minimum Gasteiger partial charge on any atom is -0.332 e. The molecule has 7 nitrogen and oxygen atoms in total. The maximum Gasteiger partial charge on any atom is 0.451 e. The third-order valence-corrected chi connectivity index (χ3v) is 3.57. The Kier molecular flexibility index (Phi) is 3.38. The summed E-state index contributed by atoms with van der Waals surface area (Å²) in [6.45, 7) is 2.11. The lowest BCUT2D eigenvalue weighted by atomic mass is 10.3. The highest BCUT2D eigenvalue weighted by Crippen LogP contribution is 2.29. The molecule has 0 aliphatic carbocycles. The van der Waals surface area contributed by atoms with Gasteiger partial charge in [-0.3, -0.25) is 9.48 Å². The second kappa shape index (κ2) is 5.11. The highest BCUT2D eigenvalue weighted by atomic mass is 19.4. The molecular formula is C12H13F3N6O. The van der Waals surface area contributed by atoms with E-state index in [2.05, 4.69) is 15.3 Å². The van der Waals surface area contributed by atoms with Crippen LogP contribution in [0.4, 0.5) is 13.2 Å². The normalized spacial score (nSPS) is 15.0. The van der Waals surface area contributed by atoms with Crippen LogP contribution in [0.2, 0.25) is 0 Å². The van der Waals surface area contributed by atoms with Crippen LogP contribution in [0.5, 0.6) is 0 Å². The van der Waals surface area contributed by atoms with Crippen molar-refractivity contribution in [3.05, 3.63) is 29.6 Å². The average molecular weight is 314 g/mol. The summed E-state index contributed by atoms with van der Waals surface area (Å²) in [5.74, 6) is -1.09. The Morgan fingerprint density at radius 3 is 2.73 bits per heavy atom. The van der Waals surface area contributed by atoms with Crippen LogP contribution in [0.3, 0.4) is 0 Å². The van der Waals surface area contributed by atoms with Gasteiger partial charge in [-0.15, -0.1) is 10.2 Å². The van der Waals surface area contributed by atoms with Crippen molar-refractivity contribution < 1.29 is 18.0 Å². The highest BCUT2D eigenvalue weighted by molar-refractivity contribution is 5.76. The molecule has 2 aromatic rings. The van der Waals surface area contributed by atoms with Gasteiger partial charge >= 0.3 is 6.18 Å². The summed E-state index contributed by atoms with van der Waals surface area (Å²) < 4.78 is 40.8. The van der Waals surface area contributed by atoms with Gasteiger partial charge in [0.15, 0.2) is 5.82 Å². The number of hydrogen-bond acceptors (Lipinski definition) is 4. The van der Waals surface area contributed by atoms with Crippen molar-refractivity contribution in [1.82, 2.24) is 29.4 Å². The van der Waals surface area contributed by atoms with E-state index in [4.69, 9.17) is 0 Å². The van der Waals surface area contributed by atoms with Gasteiger partial charge in [-0.2, -0.15) is 18.3 Å². The van der Waals surface area contributed by atoms with E-state index in [-0.39, 0.29) is 37.9 Å². The van der Waals surface area contributed by atoms with E-state index in [0.717, 1.165) is 10.3 Å². The quantitative estimate of drug-likeness (QED) is 0.824. The van der Waals surface area contributed by atoms with Gasteiger partial charge in [-0.1, -0.05) is 0 Å². The van der Waals surface area contributed by atoms with Crippen molar-refractivity contribution in [3.8, 4) is 0 Å². The fraction of sp³-hybridized carbons (Fsp3) is 0.500. The fourth-order valence-electron chi connectivity index (χ4n) is 2.37. The first-order valence-electron chi connectivity index (χ1n) is 6.61. The van der Waals surface area contributed by atoms with Crippen LogP contribution in [-0.2, 0) is 30.6 Å². The smallest absolute Gasteiger partial charge is 0.332 e. The van der Waals surface area contributed by atoms with Crippen molar-refractivity contribution in [2.45, 2.75) is 32.7 Å². The number of fused-ring (bicyclic) bond motifs is 1. The Bertz CT molecular complexity index is 704. The zero-order valence-electron chi connectivity index (χ0n) is 11.7. The standard InChI is InChI=1S/C12H13F3N6O/c1-8-2-3-16-21(8)7-10(22)19-4-5-20-9(6-19)17-18-11(20)12(13,14)15/h2-3H,4-7H2,1H3. The second-order valence-electron chi connectivity index (χ2n) is 5.03. The van der Waals surface area contributed by atoms with Crippen LogP contribution < -0.4 is 0 Å². The molecule has 0 saturated carbocycles. The monoisotopic (exact) mass is 314 g/mol. The van der Waals surface area contributed by atoms with Gasteiger partial charge < -0.3 is 9.47 Å². The van der Waals surface area contributed by atoms with E-state index in [1.165, 1.54) is 4.90 Å². The van der Waals surface area contributed by atoms with Gasteiger partial charge in [-0.05, 0) is 13.0 Å². The lowest BCUT2D eigenvalue weighted by Crippen LogP contribution is -2.41. The molecule has 0 bridgehead atoms. The van der Waals surface area contributed by atoms with Gasteiger partial charge in [0.1, 0.15) is 6.54 Å². The Morgan fingerprint density at radius 2 is 2.09 bits per heavy atom. The molecule has 0 fully saturated rings. The molecule has 0 N–H and O–H groups in total. The van der Waals surface area contributed by atoms with Crippen molar-refractivity contribution in [1.29, 1.82) is 0 Å². The van der Waals surface area contributed by atoms with E-state index in [0.29, 0.717) is 0 Å². The molecule has 1 aliphatic heterocycles. The first kappa shape index (κ1) is 14.5. The number of aromatic nitrogens is 5. The molecule has 0 unspecified atom stereocenters. The molecule has 22 heavy (non-hydrogen) atoms. The Balaban J connectivity index is 1.74. The van der Waals surface area contributed by atoms with E-state index >= 15 is 0 Å². The van der Waals surface area contributed by atoms with Crippen molar-refractivity contribution in [2.24, 2.45) is 0 Å². The molecular weight excluding hydrogens is 301 g/mol. The van der Waals surface area contributed by atoms with E-state index in [1.807, 2.05) is 6.92 Å². The molecule has 0 radical (unpaired) electrons. The summed E-state index contributed by atoms with van der Waals surface area (Å²) in [5.41, 5.74) is 0.841. The van der Waals surface area contributed by atoms with Crippen molar-refractivity contribution >= 4 is 5.91 Å². The Labute approximate surface area is 123 Å². The number of nitrogens with zero attached hydrogens (tertiary/aromatic N) is 6. The van der Waals surface area contributed by atoms with Gasteiger partial charge in [0.2, 0.25) is 11.7 Å². The minimum absolute atomic E-state index is 0.0161. The largest absolute Gasteiger partial charge is 0.451 e. The number of alkyl halides is 3. The molecule has 2 aromatic heterocycles. The Hall–Kier alpha value is -2.39. The summed E-state index contributed by atoms with van der Waals surface area (Å²) in [6.07, 6.45) is -2.95. The van der Waals surface area contributed by atoms with Gasteiger partial charge in [-0.25, -0.2) is 0 Å². The lowest BCUT2D eigenvalue weighted by Gasteiger charge is -2.28. The molecule has 118 valence electrons. The summed E-state index contributed by atoms with van der Waals surface area (Å²) >= 11 is 0. The topological polar surface area (TPSA) is 68.8 Å².